The second-order valence-electron chi connectivity index (χ2n) is 14.1. The van der Waals surface area contributed by atoms with E-state index in [-0.39, 0.29) is 0 Å². The summed E-state index contributed by atoms with van der Waals surface area (Å²) in [5.74, 6) is 8.56. The van der Waals surface area contributed by atoms with Crippen LogP contribution in [0.4, 0.5) is 0 Å². The number of benzene rings is 1. The number of para-hydroxylation sites is 1. The first kappa shape index (κ1) is 29.3. The molecular weight excluding hydrogens is 524 g/mol. The molecule has 4 nitrogen and oxygen atoms in total. The average Bonchev–Trinajstić information content (AvgIpc) is 3.03. The van der Waals surface area contributed by atoms with Crippen molar-refractivity contribution in [2.75, 3.05) is 39.3 Å². The van der Waals surface area contributed by atoms with Crippen molar-refractivity contribution in [3.05, 3.63) is 58.8 Å². The van der Waals surface area contributed by atoms with Crippen molar-refractivity contribution in [1.29, 1.82) is 0 Å². The third-order valence-corrected chi connectivity index (χ3v) is 11.5. The summed E-state index contributed by atoms with van der Waals surface area (Å²) in [6.07, 6.45) is 24.5. The Morgan fingerprint density at radius 3 is 2.77 bits per heavy atom. The fourth-order valence-corrected chi connectivity index (χ4v) is 9.79. The number of allylic oxidation sites excluding steroid dienone is 1. The molecule has 8 rings (SSSR count). The van der Waals surface area contributed by atoms with Crippen molar-refractivity contribution in [3.8, 4) is 11.8 Å². The number of nitrogens with two attached hydrogens (primary N) is 1. The molecule has 1 aromatic heterocycles. The van der Waals surface area contributed by atoms with Gasteiger partial charge >= 0.3 is 0 Å². The fraction of sp³-hybridized carbons (Fsp3) is 0.615. The highest BCUT2D eigenvalue weighted by atomic mass is 15.2. The average molecular weight is 577 g/mol. The molecule has 43 heavy (non-hydrogen) atoms. The van der Waals surface area contributed by atoms with Crippen molar-refractivity contribution in [2.45, 2.75) is 95.9 Å². The molecule has 6 atom stereocenters. The van der Waals surface area contributed by atoms with Gasteiger partial charge in [0.1, 0.15) is 0 Å². The van der Waals surface area contributed by atoms with Gasteiger partial charge in [0.25, 0.3) is 0 Å². The van der Waals surface area contributed by atoms with Crippen LogP contribution in [0, 0.1) is 29.1 Å². The SMILES string of the molecule is NCCc1c2c(nc3ccccc13)CCCCN1C[C@@H]3C=C4CCCC#CCCCCCN5CC[C@@H]3[C@](CC/C=C\2)(C5)[C@H]41. The van der Waals surface area contributed by atoms with E-state index < -0.39 is 0 Å². The summed E-state index contributed by atoms with van der Waals surface area (Å²) in [5, 5.41) is 1.28. The van der Waals surface area contributed by atoms with Crippen molar-refractivity contribution >= 4 is 17.0 Å². The first-order chi connectivity index (χ1) is 21.3. The van der Waals surface area contributed by atoms with E-state index in [1.165, 1.54) is 113 Å². The first-order valence-electron chi connectivity index (χ1n) is 17.7. The summed E-state index contributed by atoms with van der Waals surface area (Å²) in [6, 6.07) is 9.31. The monoisotopic (exact) mass is 576 g/mol. The molecule has 4 heteroatoms. The van der Waals surface area contributed by atoms with E-state index in [1.54, 1.807) is 5.57 Å². The summed E-state index contributed by atoms with van der Waals surface area (Å²) in [5.41, 5.74) is 13.5. The van der Waals surface area contributed by atoms with Gasteiger partial charge in [-0.1, -0.05) is 48.4 Å². The first-order valence-corrected chi connectivity index (χ1v) is 17.7. The zero-order valence-corrected chi connectivity index (χ0v) is 26.3. The number of nitrogens with zero attached hydrogens (tertiary/aromatic N) is 3. The van der Waals surface area contributed by atoms with Crippen LogP contribution < -0.4 is 5.73 Å². The second-order valence-corrected chi connectivity index (χ2v) is 14.1. The van der Waals surface area contributed by atoms with E-state index in [0.717, 1.165) is 49.5 Å². The maximum Gasteiger partial charge on any atom is 0.0708 e. The standard InChI is InChI=1S/C39H52N4/c40-23-20-32-33-16-8-9-18-36(33)41-37-19-11-14-25-43-28-31-27-30-15-7-5-3-1-2-4-6-13-24-42-26-21-35(31)39(29-42,38(30)43)22-12-10-17-34(32)37/h8-10,16-18,27,31,35,38H,2,4-7,11-15,19-26,28-29,40H2/b17-10-/t31-,35-,38-,39-/m0/s1. The number of fused-ring (bicyclic) bond motifs is 3. The molecule has 2 unspecified atom stereocenters. The molecule has 1 aliphatic carbocycles. The zero-order valence-electron chi connectivity index (χ0n) is 26.3. The highest BCUT2D eigenvalue weighted by molar-refractivity contribution is 5.86. The normalized spacial score (nSPS) is 33.8. The molecule has 1 aromatic carbocycles. The van der Waals surface area contributed by atoms with E-state index in [1.807, 2.05) is 0 Å². The van der Waals surface area contributed by atoms with Crippen LogP contribution in [0.5, 0.6) is 0 Å². The van der Waals surface area contributed by atoms with E-state index in [9.17, 15) is 0 Å². The highest BCUT2D eigenvalue weighted by Gasteiger charge is 2.58. The lowest BCUT2D eigenvalue weighted by atomic mass is 9.52. The smallest absolute Gasteiger partial charge is 0.0708 e. The second kappa shape index (κ2) is 13.3. The van der Waals surface area contributed by atoms with Gasteiger partial charge in [0.2, 0.25) is 0 Å². The molecule has 6 heterocycles. The largest absolute Gasteiger partial charge is 0.330 e. The van der Waals surface area contributed by atoms with Gasteiger partial charge in [0, 0.05) is 48.5 Å². The lowest BCUT2D eigenvalue weighted by Gasteiger charge is -2.64. The summed E-state index contributed by atoms with van der Waals surface area (Å²) in [7, 11) is 0. The number of aromatic nitrogens is 1. The predicted octanol–water partition coefficient (Wildman–Crippen LogP) is 7.16. The number of rotatable bonds is 2. The van der Waals surface area contributed by atoms with Gasteiger partial charge in [-0.05, 0) is 126 Å². The van der Waals surface area contributed by atoms with Gasteiger partial charge < -0.3 is 10.6 Å². The Morgan fingerprint density at radius 2 is 1.84 bits per heavy atom. The molecular formula is C39H52N4. The number of hydrogen-bond donors (Lipinski definition) is 1. The minimum Gasteiger partial charge on any atom is -0.330 e. The molecule has 0 saturated carbocycles. The van der Waals surface area contributed by atoms with Gasteiger partial charge in [-0.15, -0.1) is 11.8 Å². The molecule has 0 radical (unpaired) electrons. The highest BCUT2D eigenvalue weighted by Crippen LogP contribution is 2.57. The summed E-state index contributed by atoms with van der Waals surface area (Å²) in [4.78, 5) is 11.1. The third-order valence-electron chi connectivity index (χ3n) is 11.5. The minimum atomic E-state index is 0.361. The Hall–Kier alpha value is -2.45. The zero-order chi connectivity index (χ0) is 29.1. The molecule has 2 aromatic rings. The number of pyridine rings is 1. The van der Waals surface area contributed by atoms with Crippen LogP contribution in [-0.2, 0) is 12.8 Å². The molecule has 0 amide bonds. The number of aryl methyl sites for hydroxylation is 1. The molecule has 6 aliphatic rings. The van der Waals surface area contributed by atoms with E-state index >= 15 is 0 Å². The van der Waals surface area contributed by atoms with Gasteiger partial charge in [-0.25, -0.2) is 0 Å². The number of piperidine rings is 2. The number of hydrogen-bond acceptors (Lipinski definition) is 4. The van der Waals surface area contributed by atoms with Gasteiger partial charge in [0.05, 0.1) is 5.52 Å². The third kappa shape index (κ3) is 5.86. The van der Waals surface area contributed by atoms with Crippen LogP contribution in [0.1, 0.15) is 93.9 Å². The van der Waals surface area contributed by atoms with Crippen LogP contribution >= 0.6 is 0 Å². The maximum absolute atomic E-state index is 6.19. The summed E-state index contributed by atoms with van der Waals surface area (Å²) < 4.78 is 0. The van der Waals surface area contributed by atoms with E-state index in [0.29, 0.717) is 18.0 Å². The van der Waals surface area contributed by atoms with Crippen molar-refractivity contribution in [3.63, 3.8) is 0 Å². The van der Waals surface area contributed by atoms with Gasteiger partial charge in [0.15, 0.2) is 0 Å². The van der Waals surface area contributed by atoms with Crippen molar-refractivity contribution < 1.29 is 0 Å². The minimum absolute atomic E-state index is 0.361. The fourth-order valence-electron chi connectivity index (χ4n) is 9.79. The molecule has 1 spiro atoms. The Bertz CT molecular complexity index is 1410. The van der Waals surface area contributed by atoms with Gasteiger partial charge in [-0.3, -0.25) is 9.88 Å². The molecule has 2 N–H and O–H groups in total. The maximum atomic E-state index is 6.19. The van der Waals surface area contributed by atoms with Crippen LogP contribution in [0.3, 0.4) is 0 Å². The Morgan fingerprint density at radius 1 is 0.953 bits per heavy atom. The Kier molecular flexibility index (Phi) is 9.03. The van der Waals surface area contributed by atoms with Crippen LogP contribution in [0.25, 0.3) is 17.0 Å². The lowest BCUT2D eigenvalue weighted by molar-refractivity contribution is -0.110. The molecule has 2 fully saturated rings. The van der Waals surface area contributed by atoms with Gasteiger partial charge in [-0.2, -0.15) is 0 Å². The van der Waals surface area contributed by atoms with Crippen molar-refractivity contribution in [2.24, 2.45) is 23.0 Å². The predicted molar refractivity (Wildman–Crippen MR) is 180 cm³/mol. The van der Waals surface area contributed by atoms with E-state index in [4.69, 9.17) is 10.7 Å². The van der Waals surface area contributed by atoms with Crippen LogP contribution in [-0.4, -0.2) is 60.1 Å². The van der Waals surface area contributed by atoms with Crippen LogP contribution in [0.2, 0.25) is 0 Å². The quantitative estimate of drug-likeness (QED) is 0.304. The Balaban J connectivity index is 1.25. The van der Waals surface area contributed by atoms with Crippen molar-refractivity contribution in [1.82, 2.24) is 14.8 Å². The summed E-state index contributed by atoms with van der Waals surface area (Å²) in [6.45, 7) is 7.02. The lowest BCUT2D eigenvalue weighted by Crippen LogP contribution is -2.68. The molecule has 228 valence electrons. The molecule has 2 saturated heterocycles. The topological polar surface area (TPSA) is 45.4 Å². The van der Waals surface area contributed by atoms with Crippen LogP contribution in [0.15, 0.2) is 42.0 Å². The van der Waals surface area contributed by atoms with E-state index in [2.05, 4.69) is 64.1 Å². The molecule has 5 aliphatic heterocycles. The molecule has 6 bridgehead atoms. The Labute approximate surface area is 260 Å². The summed E-state index contributed by atoms with van der Waals surface area (Å²) >= 11 is 0.